The van der Waals surface area contributed by atoms with Gasteiger partial charge in [0.15, 0.2) is 0 Å². The number of benzene rings is 1. The molecule has 1 aromatic carbocycles. The van der Waals surface area contributed by atoms with Crippen molar-refractivity contribution in [1.82, 2.24) is 10.2 Å². The third kappa shape index (κ3) is 2.21. The highest BCUT2D eigenvalue weighted by Gasteiger charge is 2.57. The van der Waals surface area contributed by atoms with Gasteiger partial charge in [-0.25, -0.2) is 0 Å². The maximum atomic E-state index is 13.1. The van der Waals surface area contributed by atoms with Gasteiger partial charge in [0.05, 0.1) is 0 Å². The highest BCUT2D eigenvalue weighted by molar-refractivity contribution is 6.00. The van der Waals surface area contributed by atoms with Gasteiger partial charge in [0.2, 0.25) is 11.8 Å². The zero-order valence-corrected chi connectivity index (χ0v) is 12.9. The molecule has 1 saturated heterocycles. The molecule has 1 heterocycles. The van der Waals surface area contributed by atoms with Gasteiger partial charge in [0, 0.05) is 6.54 Å². The summed E-state index contributed by atoms with van der Waals surface area (Å²) in [4.78, 5) is 27.6. The fourth-order valence-corrected chi connectivity index (χ4v) is 3.72. The standard InChI is InChI=1S/C18H22N2O2/c1-18(14-9-10-14)17(22)20(11-12-5-3-2-4-6-12)15(13-7-8-13)16(21)19-18/h2-6,13-15H,7-11H2,1H3,(H,19,21). The first-order valence-corrected chi connectivity index (χ1v) is 8.26. The summed E-state index contributed by atoms with van der Waals surface area (Å²) in [5.74, 6) is 0.807. The molecule has 4 heteroatoms. The first-order valence-electron chi connectivity index (χ1n) is 8.26. The number of carbonyl (C=O) groups excluding carboxylic acids is 2. The normalized spacial score (nSPS) is 32.0. The van der Waals surface area contributed by atoms with Crippen LogP contribution in [0.25, 0.3) is 0 Å². The van der Waals surface area contributed by atoms with E-state index >= 15 is 0 Å². The maximum absolute atomic E-state index is 13.1. The zero-order valence-electron chi connectivity index (χ0n) is 12.9. The van der Waals surface area contributed by atoms with Crippen molar-refractivity contribution in [2.75, 3.05) is 0 Å². The van der Waals surface area contributed by atoms with Crippen LogP contribution in [-0.4, -0.2) is 28.3 Å². The zero-order chi connectivity index (χ0) is 15.3. The third-order valence-corrected chi connectivity index (χ3v) is 5.35. The van der Waals surface area contributed by atoms with E-state index in [0.717, 1.165) is 31.2 Å². The Bertz CT molecular complexity index is 607. The molecule has 0 bridgehead atoms. The highest BCUT2D eigenvalue weighted by atomic mass is 16.2. The van der Waals surface area contributed by atoms with Crippen LogP contribution in [0.15, 0.2) is 30.3 Å². The van der Waals surface area contributed by atoms with Gasteiger partial charge < -0.3 is 10.2 Å². The minimum Gasteiger partial charge on any atom is -0.340 e. The summed E-state index contributed by atoms with van der Waals surface area (Å²) in [6.07, 6.45) is 4.18. The summed E-state index contributed by atoms with van der Waals surface area (Å²) in [5.41, 5.74) is 0.395. The molecular weight excluding hydrogens is 276 g/mol. The molecular formula is C18H22N2O2. The number of carbonyl (C=O) groups is 2. The summed E-state index contributed by atoms with van der Waals surface area (Å²) >= 11 is 0. The number of hydrogen-bond acceptors (Lipinski definition) is 2. The van der Waals surface area contributed by atoms with Crippen LogP contribution in [0.2, 0.25) is 0 Å². The van der Waals surface area contributed by atoms with Gasteiger partial charge in [-0.3, -0.25) is 9.59 Å². The van der Waals surface area contributed by atoms with Crippen molar-refractivity contribution < 1.29 is 9.59 Å². The monoisotopic (exact) mass is 298 g/mol. The Balaban J connectivity index is 1.66. The second-order valence-electron chi connectivity index (χ2n) is 7.17. The van der Waals surface area contributed by atoms with Crippen molar-refractivity contribution in [3.05, 3.63) is 35.9 Å². The SMILES string of the molecule is CC1(C2CC2)NC(=O)C(C2CC2)N(Cc2ccccc2)C1=O. The minimum atomic E-state index is -0.697. The van der Waals surface area contributed by atoms with Crippen LogP contribution in [0.4, 0.5) is 0 Å². The summed E-state index contributed by atoms with van der Waals surface area (Å²) in [6, 6.07) is 9.71. The number of amides is 2. The fourth-order valence-electron chi connectivity index (χ4n) is 3.72. The molecule has 2 aliphatic carbocycles. The molecule has 0 aromatic heterocycles. The van der Waals surface area contributed by atoms with Crippen molar-refractivity contribution in [3.8, 4) is 0 Å². The predicted octanol–water partition coefficient (Wildman–Crippen LogP) is 2.09. The van der Waals surface area contributed by atoms with Crippen LogP contribution in [0.1, 0.15) is 38.2 Å². The lowest BCUT2D eigenvalue weighted by Crippen LogP contribution is -2.70. The molecule has 4 rings (SSSR count). The molecule has 2 amide bonds. The average Bonchev–Trinajstić information content (AvgIpc) is 3.38. The van der Waals surface area contributed by atoms with Crippen LogP contribution in [0.3, 0.4) is 0 Å². The van der Waals surface area contributed by atoms with Gasteiger partial charge in [-0.2, -0.15) is 0 Å². The molecule has 116 valence electrons. The topological polar surface area (TPSA) is 49.4 Å². The molecule has 1 aliphatic heterocycles. The van der Waals surface area contributed by atoms with E-state index in [9.17, 15) is 9.59 Å². The molecule has 2 saturated carbocycles. The average molecular weight is 298 g/mol. The molecule has 22 heavy (non-hydrogen) atoms. The summed E-state index contributed by atoms with van der Waals surface area (Å²) in [7, 11) is 0. The molecule has 3 fully saturated rings. The summed E-state index contributed by atoms with van der Waals surface area (Å²) in [5, 5.41) is 3.06. The Labute approximate surface area is 130 Å². The van der Waals surface area contributed by atoms with Crippen LogP contribution in [-0.2, 0) is 16.1 Å². The summed E-state index contributed by atoms with van der Waals surface area (Å²) < 4.78 is 0. The van der Waals surface area contributed by atoms with Crippen molar-refractivity contribution in [2.45, 2.75) is 50.7 Å². The van der Waals surface area contributed by atoms with E-state index in [2.05, 4.69) is 5.32 Å². The Morgan fingerprint density at radius 3 is 2.41 bits per heavy atom. The van der Waals surface area contributed by atoms with Crippen LogP contribution in [0.5, 0.6) is 0 Å². The van der Waals surface area contributed by atoms with Gasteiger partial charge in [-0.1, -0.05) is 30.3 Å². The van der Waals surface area contributed by atoms with Gasteiger partial charge in [0.1, 0.15) is 11.6 Å². The molecule has 2 atom stereocenters. The lowest BCUT2D eigenvalue weighted by Gasteiger charge is -2.45. The Morgan fingerprint density at radius 2 is 1.82 bits per heavy atom. The molecule has 0 radical (unpaired) electrons. The molecule has 2 unspecified atom stereocenters. The van der Waals surface area contributed by atoms with Crippen molar-refractivity contribution in [3.63, 3.8) is 0 Å². The first kappa shape index (κ1) is 13.8. The largest absolute Gasteiger partial charge is 0.340 e. The van der Waals surface area contributed by atoms with Crippen molar-refractivity contribution in [1.29, 1.82) is 0 Å². The minimum absolute atomic E-state index is 0.0485. The van der Waals surface area contributed by atoms with Crippen molar-refractivity contribution in [2.24, 2.45) is 11.8 Å². The fraction of sp³-hybridized carbons (Fsp3) is 0.556. The number of rotatable bonds is 4. The lowest BCUT2D eigenvalue weighted by atomic mass is 9.88. The van der Waals surface area contributed by atoms with Crippen LogP contribution < -0.4 is 5.32 Å². The number of nitrogens with zero attached hydrogens (tertiary/aromatic N) is 1. The quantitative estimate of drug-likeness (QED) is 0.925. The van der Waals surface area contributed by atoms with E-state index in [0.29, 0.717) is 18.4 Å². The predicted molar refractivity (Wildman–Crippen MR) is 82.8 cm³/mol. The van der Waals surface area contributed by atoms with E-state index < -0.39 is 5.54 Å². The number of piperazine rings is 1. The van der Waals surface area contributed by atoms with Gasteiger partial charge >= 0.3 is 0 Å². The van der Waals surface area contributed by atoms with Gasteiger partial charge in [0.25, 0.3) is 0 Å². The Hall–Kier alpha value is -1.84. The molecule has 0 spiro atoms. The van der Waals surface area contributed by atoms with Crippen LogP contribution in [0, 0.1) is 11.8 Å². The van der Waals surface area contributed by atoms with E-state index in [1.807, 2.05) is 42.2 Å². The molecule has 1 N–H and O–H groups in total. The molecule has 3 aliphatic rings. The second kappa shape index (κ2) is 4.83. The smallest absolute Gasteiger partial charge is 0.249 e. The molecule has 1 aromatic rings. The molecule has 4 nitrogen and oxygen atoms in total. The first-order chi connectivity index (χ1) is 10.6. The lowest BCUT2D eigenvalue weighted by molar-refractivity contribution is -0.157. The van der Waals surface area contributed by atoms with E-state index in [-0.39, 0.29) is 17.9 Å². The van der Waals surface area contributed by atoms with E-state index in [4.69, 9.17) is 0 Å². The number of nitrogens with one attached hydrogen (secondary N) is 1. The Morgan fingerprint density at radius 1 is 1.14 bits per heavy atom. The highest BCUT2D eigenvalue weighted by Crippen LogP contribution is 2.45. The van der Waals surface area contributed by atoms with E-state index in [1.165, 1.54) is 0 Å². The van der Waals surface area contributed by atoms with E-state index in [1.54, 1.807) is 0 Å². The maximum Gasteiger partial charge on any atom is 0.249 e. The van der Waals surface area contributed by atoms with Gasteiger partial charge in [-0.05, 0) is 50.0 Å². The van der Waals surface area contributed by atoms with Crippen molar-refractivity contribution >= 4 is 11.8 Å². The third-order valence-electron chi connectivity index (χ3n) is 5.35. The van der Waals surface area contributed by atoms with Gasteiger partial charge in [-0.15, -0.1) is 0 Å². The number of hydrogen-bond donors (Lipinski definition) is 1. The Kier molecular flexibility index (Phi) is 3.03. The summed E-state index contributed by atoms with van der Waals surface area (Å²) in [6.45, 7) is 2.45. The second-order valence-corrected chi connectivity index (χ2v) is 7.17. The van der Waals surface area contributed by atoms with Crippen LogP contribution >= 0.6 is 0 Å².